The van der Waals surface area contributed by atoms with Gasteiger partial charge in [0.15, 0.2) is 5.78 Å². The van der Waals surface area contributed by atoms with Crippen LogP contribution in [0.3, 0.4) is 0 Å². The van der Waals surface area contributed by atoms with Crippen LogP contribution in [0.25, 0.3) is 0 Å². The van der Waals surface area contributed by atoms with E-state index >= 15 is 0 Å². The molecular formula is C11H12BrNO3. The smallest absolute Gasteiger partial charge is 0.231 e. The highest BCUT2D eigenvalue weighted by molar-refractivity contribution is 9.09. The zero-order valence-corrected chi connectivity index (χ0v) is 10.4. The number of amides is 1. The van der Waals surface area contributed by atoms with Crippen LogP contribution in [0.4, 0.5) is 5.69 Å². The molecule has 0 aromatic heterocycles. The van der Waals surface area contributed by atoms with Crippen molar-refractivity contribution in [3.05, 3.63) is 24.3 Å². The summed E-state index contributed by atoms with van der Waals surface area (Å²) in [5.41, 5.74) is 0.567. The van der Waals surface area contributed by atoms with E-state index < -0.39 is 0 Å². The number of alkyl halides is 1. The molecule has 0 aliphatic carbocycles. The number of benzene rings is 1. The quantitative estimate of drug-likeness (QED) is 0.665. The van der Waals surface area contributed by atoms with Crippen LogP contribution in [0.1, 0.15) is 6.42 Å². The average molecular weight is 286 g/mol. The third-order valence-corrected chi connectivity index (χ3v) is 2.51. The van der Waals surface area contributed by atoms with Crippen LogP contribution in [0.15, 0.2) is 24.3 Å². The van der Waals surface area contributed by atoms with Crippen molar-refractivity contribution in [2.45, 2.75) is 6.42 Å². The predicted octanol–water partition coefficient (Wildman–Crippen LogP) is 1.99. The zero-order valence-electron chi connectivity index (χ0n) is 8.83. The molecule has 0 aliphatic heterocycles. The summed E-state index contributed by atoms with van der Waals surface area (Å²) < 4.78 is 5.07. The molecule has 86 valence electrons. The van der Waals surface area contributed by atoms with E-state index in [-0.39, 0.29) is 23.4 Å². The predicted molar refractivity (Wildman–Crippen MR) is 65.0 cm³/mol. The normalized spacial score (nSPS) is 9.62. The van der Waals surface area contributed by atoms with Gasteiger partial charge in [-0.15, -0.1) is 0 Å². The van der Waals surface area contributed by atoms with Crippen molar-refractivity contribution in [3.8, 4) is 5.75 Å². The third kappa shape index (κ3) is 3.66. The molecule has 0 atom stereocenters. The summed E-state index contributed by atoms with van der Waals surface area (Å²) in [4.78, 5) is 22.5. The molecule has 0 bridgehead atoms. The van der Waals surface area contributed by atoms with Crippen LogP contribution in [0.5, 0.6) is 5.75 Å². The first-order valence-electron chi connectivity index (χ1n) is 4.68. The van der Waals surface area contributed by atoms with Crippen molar-refractivity contribution >= 4 is 33.3 Å². The molecule has 16 heavy (non-hydrogen) atoms. The van der Waals surface area contributed by atoms with E-state index in [4.69, 9.17) is 4.74 Å². The maximum absolute atomic E-state index is 11.4. The van der Waals surface area contributed by atoms with Crippen molar-refractivity contribution in [1.82, 2.24) is 0 Å². The summed E-state index contributed by atoms with van der Waals surface area (Å²) in [6.45, 7) is 0. The Labute approximate surface area is 102 Å². The standard InChI is InChI=1S/C11H12BrNO3/c1-16-10-5-3-2-4-9(10)13-11(15)6-8(14)7-12/h2-5H,6-7H2,1H3,(H,13,15). The van der Waals surface area contributed by atoms with Crippen molar-refractivity contribution in [2.75, 3.05) is 17.8 Å². The van der Waals surface area contributed by atoms with E-state index in [9.17, 15) is 9.59 Å². The summed E-state index contributed by atoms with van der Waals surface area (Å²) in [6, 6.07) is 7.04. The fourth-order valence-corrected chi connectivity index (χ4v) is 1.37. The minimum absolute atomic E-state index is 0.136. The van der Waals surface area contributed by atoms with E-state index in [0.717, 1.165) is 0 Å². The fourth-order valence-electron chi connectivity index (χ4n) is 1.17. The SMILES string of the molecule is COc1ccccc1NC(=O)CC(=O)CBr. The number of Topliss-reactive ketones (excluding diaryl/α,β-unsaturated/α-hetero) is 1. The highest BCUT2D eigenvalue weighted by Gasteiger charge is 2.10. The van der Waals surface area contributed by atoms with Crippen LogP contribution < -0.4 is 10.1 Å². The lowest BCUT2D eigenvalue weighted by molar-refractivity contribution is -0.123. The Bertz CT molecular complexity index is 393. The number of carbonyl (C=O) groups is 2. The van der Waals surface area contributed by atoms with Crippen molar-refractivity contribution < 1.29 is 14.3 Å². The molecule has 1 N–H and O–H groups in total. The first kappa shape index (κ1) is 12.7. The Morgan fingerprint density at radius 3 is 2.69 bits per heavy atom. The Balaban J connectivity index is 2.65. The Kier molecular flexibility index (Phi) is 4.98. The van der Waals surface area contributed by atoms with Crippen LogP contribution >= 0.6 is 15.9 Å². The van der Waals surface area contributed by atoms with Gasteiger partial charge in [0.1, 0.15) is 5.75 Å². The van der Waals surface area contributed by atoms with E-state index in [2.05, 4.69) is 21.2 Å². The van der Waals surface area contributed by atoms with Crippen LogP contribution in [0.2, 0.25) is 0 Å². The lowest BCUT2D eigenvalue weighted by atomic mass is 10.2. The molecule has 1 aromatic rings. The van der Waals surface area contributed by atoms with E-state index in [1.807, 2.05) is 0 Å². The third-order valence-electron chi connectivity index (χ3n) is 1.89. The summed E-state index contributed by atoms with van der Waals surface area (Å²) >= 11 is 3.00. The van der Waals surface area contributed by atoms with Crippen LogP contribution in [-0.4, -0.2) is 24.1 Å². The van der Waals surface area contributed by atoms with Crippen molar-refractivity contribution in [2.24, 2.45) is 0 Å². The monoisotopic (exact) mass is 285 g/mol. The second-order valence-corrected chi connectivity index (χ2v) is 3.66. The molecule has 0 saturated heterocycles. The lowest BCUT2D eigenvalue weighted by Crippen LogP contribution is -2.17. The van der Waals surface area contributed by atoms with Crippen molar-refractivity contribution in [3.63, 3.8) is 0 Å². The molecule has 1 aromatic carbocycles. The minimum Gasteiger partial charge on any atom is -0.495 e. The average Bonchev–Trinajstić information content (AvgIpc) is 2.29. The molecule has 1 rings (SSSR count). The summed E-state index contributed by atoms with van der Waals surface area (Å²) in [7, 11) is 1.52. The number of ether oxygens (including phenoxy) is 1. The van der Waals surface area contributed by atoms with Gasteiger partial charge < -0.3 is 10.1 Å². The summed E-state index contributed by atoms with van der Waals surface area (Å²) in [5, 5.41) is 2.81. The minimum atomic E-state index is -0.339. The van der Waals surface area contributed by atoms with Gasteiger partial charge in [-0.05, 0) is 12.1 Å². The van der Waals surface area contributed by atoms with Gasteiger partial charge in [0, 0.05) is 0 Å². The maximum Gasteiger partial charge on any atom is 0.231 e. The molecule has 0 heterocycles. The number of carbonyl (C=O) groups excluding carboxylic acids is 2. The number of anilines is 1. The number of para-hydroxylation sites is 2. The lowest BCUT2D eigenvalue weighted by Gasteiger charge is -2.08. The molecule has 0 radical (unpaired) electrons. The van der Waals surface area contributed by atoms with Gasteiger partial charge in [-0.1, -0.05) is 28.1 Å². The Morgan fingerprint density at radius 1 is 1.38 bits per heavy atom. The van der Waals surface area contributed by atoms with Gasteiger partial charge in [-0.3, -0.25) is 9.59 Å². The Hall–Kier alpha value is -1.36. The second kappa shape index (κ2) is 6.27. The molecule has 0 spiro atoms. The molecule has 4 nitrogen and oxygen atoms in total. The Morgan fingerprint density at radius 2 is 2.06 bits per heavy atom. The molecule has 1 amide bonds. The van der Waals surface area contributed by atoms with E-state index in [1.54, 1.807) is 24.3 Å². The molecule has 5 heteroatoms. The summed E-state index contributed by atoms with van der Waals surface area (Å²) in [6.07, 6.45) is -0.136. The fraction of sp³-hybridized carbons (Fsp3) is 0.273. The first-order valence-corrected chi connectivity index (χ1v) is 5.80. The number of rotatable bonds is 5. The van der Waals surface area contributed by atoms with Gasteiger partial charge in [0.25, 0.3) is 0 Å². The van der Waals surface area contributed by atoms with Crippen LogP contribution in [0, 0.1) is 0 Å². The highest BCUT2D eigenvalue weighted by atomic mass is 79.9. The number of hydrogen-bond donors (Lipinski definition) is 1. The maximum atomic E-state index is 11.4. The van der Waals surface area contributed by atoms with Gasteiger partial charge >= 0.3 is 0 Å². The number of hydrogen-bond acceptors (Lipinski definition) is 3. The highest BCUT2D eigenvalue weighted by Crippen LogP contribution is 2.22. The molecule has 0 saturated carbocycles. The number of nitrogens with one attached hydrogen (secondary N) is 1. The molecular weight excluding hydrogens is 274 g/mol. The van der Waals surface area contributed by atoms with E-state index in [1.165, 1.54) is 7.11 Å². The van der Waals surface area contributed by atoms with E-state index in [0.29, 0.717) is 11.4 Å². The van der Waals surface area contributed by atoms with Gasteiger partial charge in [0.05, 0.1) is 24.5 Å². The zero-order chi connectivity index (χ0) is 12.0. The first-order chi connectivity index (χ1) is 7.67. The topological polar surface area (TPSA) is 55.4 Å². The number of methoxy groups -OCH3 is 1. The van der Waals surface area contributed by atoms with Crippen molar-refractivity contribution in [1.29, 1.82) is 0 Å². The van der Waals surface area contributed by atoms with Crippen LogP contribution in [-0.2, 0) is 9.59 Å². The number of ketones is 1. The van der Waals surface area contributed by atoms with Gasteiger partial charge in [-0.25, -0.2) is 0 Å². The molecule has 0 unspecified atom stereocenters. The van der Waals surface area contributed by atoms with Gasteiger partial charge in [0.2, 0.25) is 5.91 Å². The summed E-state index contributed by atoms with van der Waals surface area (Å²) in [5.74, 6) is 0.0727. The second-order valence-electron chi connectivity index (χ2n) is 3.10. The molecule has 0 fully saturated rings. The molecule has 0 aliphatic rings. The number of halogens is 1. The van der Waals surface area contributed by atoms with Gasteiger partial charge in [-0.2, -0.15) is 0 Å². The largest absolute Gasteiger partial charge is 0.495 e.